The van der Waals surface area contributed by atoms with Crippen molar-refractivity contribution in [1.82, 2.24) is 0 Å². The Morgan fingerprint density at radius 1 is 0.323 bits per heavy atom. The third kappa shape index (κ3) is 5.75. The number of hydrogen-bond acceptors (Lipinski definition) is 8. The summed E-state index contributed by atoms with van der Waals surface area (Å²) in [5, 5.41) is 8.22. The molecule has 2 aromatic heterocycles. The van der Waals surface area contributed by atoms with Crippen LogP contribution in [0.2, 0.25) is 0 Å². The fraction of sp³-hybridized carbons (Fsp3) is 0.0741. The summed E-state index contributed by atoms with van der Waals surface area (Å²) in [6.07, 6.45) is 0. The predicted octanol–water partition coefficient (Wildman–Crippen LogP) is 14.8. The summed E-state index contributed by atoms with van der Waals surface area (Å²) in [5.74, 6) is 2.59. The molecule has 8 nitrogen and oxygen atoms in total. The molecule has 0 aliphatic rings. The summed E-state index contributed by atoms with van der Waals surface area (Å²) in [4.78, 5) is 4.48. The molecule has 0 bridgehead atoms. The number of anilines is 6. The number of rotatable bonds is 10. The van der Waals surface area contributed by atoms with Gasteiger partial charge < -0.3 is 37.6 Å². The lowest BCUT2D eigenvalue weighted by atomic mass is 9.98. The minimum atomic E-state index is 0.638. The zero-order valence-corrected chi connectivity index (χ0v) is 34.5. The molecule has 0 amide bonds. The molecule has 0 atom stereocenters. The number of para-hydroxylation sites is 2. The standard InChI is InChI=1S/C54H40N2O6/c1-57-44-26-23-35(29-47(44)59-3)55(33-15-7-5-8-16-33)42-31-49-51(39-21-13-11-19-37(39)42)41-25-28-46-53(54(41)62-49)52-40-22-14-12-20-38(40)43(32-50(52)61-46)56(34-17-9-6-10-18-34)36-24-27-45(58-2)48(30-36)60-4/h5-32H,1-4H3. The summed E-state index contributed by atoms with van der Waals surface area (Å²) in [7, 11) is 6.61. The van der Waals surface area contributed by atoms with E-state index in [-0.39, 0.29) is 0 Å². The van der Waals surface area contributed by atoms with Crippen molar-refractivity contribution >= 4 is 99.5 Å². The lowest BCUT2D eigenvalue weighted by Gasteiger charge is -2.27. The lowest BCUT2D eigenvalue weighted by molar-refractivity contribution is 0.355. The van der Waals surface area contributed by atoms with Crippen LogP contribution in [0.5, 0.6) is 23.0 Å². The summed E-state index contributed by atoms with van der Waals surface area (Å²) >= 11 is 0. The van der Waals surface area contributed by atoms with E-state index in [4.69, 9.17) is 27.8 Å². The SMILES string of the molecule is COc1ccc(N(c2ccccc2)c2cc3oc4c(ccc5oc6cc(N(c7ccccc7)c7ccc(OC)c(OC)c7)c7ccccc7c6c54)c3c3ccccc23)cc1OC. The molecular formula is C54H40N2O6. The Labute approximate surface area is 357 Å². The highest BCUT2D eigenvalue weighted by Gasteiger charge is 2.26. The van der Waals surface area contributed by atoms with Crippen LogP contribution in [0, 0.1) is 0 Å². The zero-order chi connectivity index (χ0) is 41.9. The molecule has 0 aliphatic carbocycles. The molecule has 0 N–H and O–H groups in total. The van der Waals surface area contributed by atoms with E-state index in [1.165, 1.54) is 0 Å². The average molecular weight is 813 g/mol. The Balaban J connectivity index is 1.18. The first-order valence-corrected chi connectivity index (χ1v) is 20.4. The van der Waals surface area contributed by atoms with Crippen LogP contribution < -0.4 is 28.7 Å². The molecule has 302 valence electrons. The van der Waals surface area contributed by atoms with Gasteiger partial charge in [-0.15, -0.1) is 0 Å². The van der Waals surface area contributed by atoms with E-state index in [2.05, 4.69) is 125 Å². The summed E-state index contributed by atoms with van der Waals surface area (Å²) in [5.41, 5.74) is 8.75. The monoisotopic (exact) mass is 812 g/mol. The molecule has 11 aromatic rings. The highest BCUT2D eigenvalue weighted by Crippen LogP contribution is 2.50. The zero-order valence-electron chi connectivity index (χ0n) is 34.5. The lowest BCUT2D eigenvalue weighted by Crippen LogP contribution is -2.10. The summed E-state index contributed by atoms with van der Waals surface area (Å²) < 4.78 is 36.8. The van der Waals surface area contributed by atoms with E-state index >= 15 is 0 Å². The minimum Gasteiger partial charge on any atom is -0.493 e. The van der Waals surface area contributed by atoms with Crippen LogP contribution in [-0.4, -0.2) is 28.4 Å². The molecule has 0 aliphatic heterocycles. The van der Waals surface area contributed by atoms with Crippen LogP contribution in [0.4, 0.5) is 34.1 Å². The number of furan rings is 2. The van der Waals surface area contributed by atoms with Crippen LogP contribution in [0.25, 0.3) is 65.4 Å². The number of fused-ring (bicyclic) bond motifs is 11. The first-order chi connectivity index (χ1) is 30.6. The fourth-order valence-electron chi connectivity index (χ4n) is 9.08. The molecule has 2 heterocycles. The van der Waals surface area contributed by atoms with Crippen molar-refractivity contribution in [2.45, 2.75) is 0 Å². The molecule has 8 heteroatoms. The van der Waals surface area contributed by atoms with Gasteiger partial charge in [0.15, 0.2) is 23.0 Å². The average Bonchev–Trinajstić information content (AvgIpc) is 3.91. The third-order valence-electron chi connectivity index (χ3n) is 11.8. The van der Waals surface area contributed by atoms with Crippen molar-refractivity contribution in [3.63, 3.8) is 0 Å². The molecule has 0 unspecified atom stereocenters. The highest BCUT2D eigenvalue weighted by molar-refractivity contribution is 6.32. The molecule has 0 spiro atoms. The topological polar surface area (TPSA) is 69.7 Å². The number of benzene rings is 9. The van der Waals surface area contributed by atoms with Gasteiger partial charge in [0.2, 0.25) is 0 Å². The maximum atomic E-state index is 7.13. The number of ether oxygens (including phenoxy) is 4. The number of methoxy groups -OCH3 is 4. The molecule has 11 rings (SSSR count). The molecule has 0 saturated carbocycles. The second kappa shape index (κ2) is 14.9. The predicted molar refractivity (Wildman–Crippen MR) is 252 cm³/mol. The largest absolute Gasteiger partial charge is 0.493 e. The van der Waals surface area contributed by atoms with E-state index in [9.17, 15) is 0 Å². The molecular weight excluding hydrogens is 773 g/mol. The van der Waals surface area contributed by atoms with Crippen LogP contribution in [-0.2, 0) is 0 Å². The van der Waals surface area contributed by atoms with E-state index in [1.54, 1.807) is 28.4 Å². The third-order valence-corrected chi connectivity index (χ3v) is 11.8. The van der Waals surface area contributed by atoms with Gasteiger partial charge in [0.1, 0.15) is 22.3 Å². The highest BCUT2D eigenvalue weighted by atomic mass is 16.5. The molecule has 0 saturated heterocycles. The van der Waals surface area contributed by atoms with Crippen molar-refractivity contribution < 1.29 is 27.8 Å². The van der Waals surface area contributed by atoms with Gasteiger partial charge in [-0.05, 0) is 71.4 Å². The summed E-state index contributed by atoms with van der Waals surface area (Å²) in [6.45, 7) is 0. The smallest absolute Gasteiger partial charge is 0.162 e. The van der Waals surface area contributed by atoms with Gasteiger partial charge in [0.25, 0.3) is 0 Å². The van der Waals surface area contributed by atoms with E-state index < -0.39 is 0 Å². The maximum absolute atomic E-state index is 7.13. The van der Waals surface area contributed by atoms with Crippen molar-refractivity contribution in [2.24, 2.45) is 0 Å². The van der Waals surface area contributed by atoms with E-state index in [1.807, 2.05) is 54.6 Å². The molecule has 62 heavy (non-hydrogen) atoms. The van der Waals surface area contributed by atoms with Gasteiger partial charge in [0, 0.05) is 62.6 Å². The quantitative estimate of drug-likeness (QED) is 0.135. The van der Waals surface area contributed by atoms with Gasteiger partial charge in [-0.2, -0.15) is 0 Å². The Morgan fingerprint density at radius 2 is 0.774 bits per heavy atom. The van der Waals surface area contributed by atoms with Gasteiger partial charge in [0.05, 0.1) is 56.6 Å². The van der Waals surface area contributed by atoms with Crippen LogP contribution >= 0.6 is 0 Å². The molecule has 0 fully saturated rings. The number of hydrogen-bond donors (Lipinski definition) is 0. The van der Waals surface area contributed by atoms with Gasteiger partial charge in [-0.25, -0.2) is 0 Å². The minimum absolute atomic E-state index is 0.638. The first kappa shape index (κ1) is 36.9. The van der Waals surface area contributed by atoms with Crippen LogP contribution in [0.3, 0.4) is 0 Å². The van der Waals surface area contributed by atoms with Crippen LogP contribution in [0.1, 0.15) is 0 Å². The first-order valence-electron chi connectivity index (χ1n) is 20.4. The van der Waals surface area contributed by atoms with Crippen molar-refractivity contribution in [3.05, 3.63) is 170 Å². The normalized spacial score (nSPS) is 11.5. The van der Waals surface area contributed by atoms with Gasteiger partial charge in [-0.3, -0.25) is 0 Å². The Morgan fingerprint density at radius 3 is 1.27 bits per heavy atom. The van der Waals surface area contributed by atoms with Crippen LogP contribution in [0.15, 0.2) is 179 Å². The Hall–Kier alpha value is -8.10. The second-order valence-corrected chi connectivity index (χ2v) is 15.1. The van der Waals surface area contributed by atoms with Crippen molar-refractivity contribution in [2.75, 3.05) is 38.2 Å². The Bertz CT molecular complexity index is 3490. The van der Waals surface area contributed by atoms with E-state index in [0.717, 1.165) is 99.5 Å². The van der Waals surface area contributed by atoms with Gasteiger partial charge >= 0.3 is 0 Å². The second-order valence-electron chi connectivity index (χ2n) is 15.1. The van der Waals surface area contributed by atoms with E-state index in [0.29, 0.717) is 23.0 Å². The molecule has 0 radical (unpaired) electrons. The molecule has 9 aromatic carbocycles. The van der Waals surface area contributed by atoms with Gasteiger partial charge in [-0.1, -0.05) is 84.9 Å². The maximum Gasteiger partial charge on any atom is 0.162 e. The fourth-order valence-corrected chi connectivity index (χ4v) is 9.08. The van der Waals surface area contributed by atoms with Crippen molar-refractivity contribution in [1.29, 1.82) is 0 Å². The number of nitrogens with zero attached hydrogens (tertiary/aromatic N) is 2. The van der Waals surface area contributed by atoms with Crippen molar-refractivity contribution in [3.8, 4) is 23.0 Å². The summed E-state index contributed by atoms with van der Waals surface area (Å²) in [6, 6.07) is 58.2. The Kier molecular flexibility index (Phi) is 8.86.